The summed E-state index contributed by atoms with van der Waals surface area (Å²) in [5.74, 6) is 0. The van der Waals surface area contributed by atoms with E-state index in [2.05, 4.69) is 49.5 Å². The fraction of sp³-hybridized carbons (Fsp3) is 0.429. The summed E-state index contributed by atoms with van der Waals surface area (Å²) in [6.45, 7) is 4.33. The largest absolute Gasteiger partial charge is 0.305 e. The van der Waals surface area contributed by atoms with E-state index in [9.17, 15) is 4.79 Å². The van der Waals surface area contributed by atoms with Crippen LogP contribution in [0, 0.1) is 0 Å². The number of likely N-dealkylation sites (tertiary alicyclic amines) is 1. The maximum atomic E-state index is 10.7. The van der Waals surface area contributed by atoms with Crippen LogP contribution in [0.5, 0.6) is 0 Å². The molecule has 0 aliphatic carbocycles. The Hall–Kier alpha value is -0.760. The summed E-state index contributed by atoms with van der Waals surface area (Å²) >= 11 is 6.74. The Morgan fingerprint density at radius 1 is 1.62 bits per heavy atom. The average molecular weight is 386 g/mol. The number of hydrogen-bond acceptors (Lipinski definition) is 5. The van der Waals surface area contributed by atoms with Crippen molar-refractivity contribution in [3.63, 3.8) is 0 Å². The topological polar surface area (TPSA) is 45.2 Å². The van der Waals surface area contributed by atoms with Crippen LogP contribution in [0.3, 0.4) is 0 Å². The number of aromatic nitrogens is 1. The lowest BCUT2D eigenvalue weighted by Crippen LogP contribution is -2.25. The molecule has 21 heavy (non-hydrogen) atoms. The van der Waals surface area contributed by atoms with Crippen LogP contribution in [0.1, 0.15) is 24.6 Å². The van der Waals surface area contributed by atoms with E-state index in [0.29, 0.717) is 17.6 Å². The summed E-state index contributed by atoms with van der Waals surface area (Å²) < 4.78 is 1.07. The van der Waals surface area contributed by atoms with Gasteiger partial charge in [-0.2, -0.15) is 0 Å². The van der Waals surface area contributed by atoms with Crippen LogP contribution in [0.15, 0.2) is 15.9 Å². The van der Waals surface area contributed by atoms with E-state index in [1.165, 1.54) is 17.7 Å². The second-order valence-corrected chi connectivity index (χ2v) is 8.05. The zero-order valence-electron chi connectivity index (χ0n) is 11.6. The van der Waals surface area contributed by atoms with Gasteiger partial charge in [-0.15, -0.1) is 11.3 Å². The van der Waals surface area contributed by atoms with Gasteiger partial charge in [-0.05, 0) is 48.3 Å². The Balaban J connectivity index is 1.91. The van der Waals surface area contributed by atoms with Crippen molar-refractivity contribution in [1.82, 2.24) is 9.88 Å². The van der Waals surface area contributed by atoms with Crippen LogP contribution in [0.2, 0.25) is 0 Å². The minimum absolute atomic E-state index is 0.623. The molecule has 4 nitrogen and oxygen atoms in total. The first kappa shape index (κ1) is 15.1. The number of thiophene rings is 1. The van der Waals surface area contributed by atoms with Gasteiger partial charge in [0.25, 0.3) is 0 Å². The predicted octanol–water partition coefficient (Wildman–Crippen LogP) is 4.19. The molecule has 1 aliphatic heterocycles. The number of anilines is 1. The van der Waals surface area contributed by atoms with Crippen LogP contribution in [-0.2, 0) is 11.3 Å². The zero-order valence-corrected chi connectivity index (χ0v) is 14.9. The first-order valence-corrected chi connectivity index (χ1v) is 9.34. The van der Waals surface area contributed by atoms with Gasteiger partial charge >= 0.3 is 0 Å². The summed E-state index contributed by atoms with van der Waals surface area (Å²) in [6, 6.07) is 2.71. The highest BCUT2D eigenvalue weighted by Crippen LogP contribution is 2.37. The number of carbonyl (C=O) groups is 1. The number of hydrogen-bond donors (Lipinski definition) is 1. The SMILES string of the molecule is CC1CCCN1Cc1sc(NC=O)nc1-c1cc(Br)cs1. The summed E-state index contributed by atoms with van der Waals surface area (Å²) in [6.07, 6.45) is 3.21. The Bertz CT molecular complexity index is 640. The number of thiazole rings is 1. The van der Waals surface area contributed by atoms with E-state index in [1.54, 1.807) is 22.7 Å². The molecule has 0 aromatic carbocycles. The van der Waals surface area contributed by atoms with Crippen LogP contribution >= 0.6 is 38.6 Å². The molecular weight excluding hydrogens is 370 g/mol. The van der Waals surface area contributed by atoms with Gasteiger partial charge in [0.1, 0.15) is 0 Å². The summed E-state index contributed by atoms with van der Waals surface area (Å²) in [5.41, 5.74) is 0.999. The van der Waals surface area contributed by atoms with E-state index >= 15 is 0 Å². The minimum Gasteiger partial charge on any atom is -0.305 e. The summed E-state index contributed by atoms with van der Waals surface area (Å²) in [7, 11) is 0. The molecule has 1 amide bonds. The monoisotopic (exact) mass is 385 g/mol. The molecule has 2 aromatic rings. The molecule has 2 aromatic heterocycles. The minimum atomic E-state index is 0.623. The smallest absolute Gasteiger partial charge is 0.213 e. The van der Waals surface area contributed by atoms with Crippen molar-refractivity contribution in [1.29, 1.82) is 0 Å². The summed E-state index contributed by atoms with van der Waals surface area (Å²) in [5, 5.41) is 5.41. The lowest BCUT2D eigenvalue weighted by atomic mass is 10.2. The van der Waals surface area contributed by atoms with Crippen LogP contribution in [0.4, 0.5) is 5.13 Å². The Morgan fingerprint density at radius 2 is 2.48 bits per heavy atom. The Morgan fingerprint density at radius 3 is 3.10 bits per heavy atom. The van der Waals surface area contributed by atoms with E-state index in [-0.39, 0.29) is 0 Å². The van der Waals surface area contributed by atoms with Gasteiger partial charge in [-0.25, -0.2) is 4.98 Å². The second kappa shape index (κ2) is 6.56. The average Bonchev–Trinajstić information content (AvgIpc) is 3.13. The van der Waals surface area contributed by atoms with Gasteiger partial charge in [0.15, 0.2) is 5.13 Å². The van der Waals surface area contributed by atoms with Crippen molar-refractivity contribution in [3.8, 4) is 10.6 Å². The lowest BCUT2D eigenvalue weighted by Gasteiger charge is -2.20. The van der Waals surface area contributed by atoms with Crippen molar-refractivity contribution < 1.29 is 4.79 Å². The third-order valence-electron chi connectivity index (χ3n) is 3.72. The van der Waals surface area contributed by atoms with Crippen molar-refractivity contribution in [2.45, 2.75) is 32.4 Å². The Labute approximate surface area is 140 Å². The molecule has 1 saturated heterocycles. The number of carbonyl (C=O) groups excluding carboxylic acids is 1. The summed E-state index contributed by atoms with van der Waals surface area (Å²) in [4.78, 5) is 20.1. The zero-order chi connectivity index (χ0) is 14.8. The second-order valence-electron chi connectivity index (χ2n) is 5.14. The molecule has 1 atom stereocenters. The highest BCUT2D eigenvalue weighted by Gasteiger charge is 2.23. The van der Waals surface area contributed by atoms with E-state index in [0.717, 1.165) is 28.1 Å². The van der Waals surface area contributed by atoms with Gasteiger partial charge in [0.05, 0.1) is 10.6 Å². The standard InChI is InChI=1S/C14H16BrN3OS2/c1-9-3-2-4-18(9)6-12-13(11-5-10(15)7-20-11)17-14(21-12)16-8-19/h5,7-9H,2-4,6H2,1H3,(H,16,17,19). The first-order chi connectivity index (χ1) is 10.2. The molecule has 3 rings (SSSR count). The van der Waals surface area contributed by atoms with E-state index in [4.69, 9.17) is 0 Å². The van der Waals surface area contributed by atoms with Crippen molar-refractivity contribution >= 4 is 50.1 Å². The van der Waals surface area contributed by atoms with E-state index in [1.807, 2.05) is 0 Å². The molecule has 0 radical (unpaired) electrons. The maximum absolute atomic E-state index is 10.7. The molecule has 1 N–H and O–H groups in total. The fourth-order valence-electron chi connectivity index (χ4n) is 2.61. The highest BCUT2D eigenvalue weighted by molar-refractivity contribution is 9.10. The number of rotatable bonds is 5. The first-order valence-electron chi connectivity index (χ1n) is 6.85. The molecule has 1 fully saturated rings. The van der Waals surface area contributed by atoms with Crippen molar-refractivity contribution in [2.24, 2.45) is 0 Å². The van der Waals surface area contributed by atoms with E-state index < -0.39 is 0 Å². The Kier molecular flexibility index (Phi) is 4.73. The molecule has 1 aliphatic rings. The highest BCUT2D eigenvalue weighted by atomic mass is 79.9. The maximum Gasteiger partial charge on any atom is 0.213 e. The third-order valence-corrected chi connectivity index (χ3v) is 6.39. The molecule has 112 valence electrons. The van der Waals surface area contributed by atoms with Crippen LogP contribution in [-0.4, -0.2) is 28.9 Å². The quantitative estimate of drug-likeness (QED) is 0.784. The predicted molar refractivity (Wildman–Crippen MR) is 91.9 cm³/mol. The number of nitrogens with one attached hydrogen (secondary N) is 1. The van der Waals surface area contributed by atoms with Crippen LogP contribution < -0.4 is 5.32 Å². The normalized spacial score (nSPS) is 19.0. The number of amides is 1. The fourth-order valence-corrected chi connectivity index (χ4v) is 5.08. The molecule has 0 spiro atoms. The van der Waals surface area contributed by atoms with Gasteiger partial charge in [-0.3, -0.25) is 9.69 Å². The van der Waals surface area contributed by atoms with Crippen LogP contribution in [0.25, 0.3) is 10.6 Å². The van der Waals surface area contributed by atoms with Crippen molar-refractivity contribution in [3.05, 3.63) is 20.8 Å². The number of nitrogens with zero attached hydrogens (tertiary/aromatic N) is 2. The van der Waals surface area contributed by atoms with Gasteiger partial charge in [-0.1, -0.05) is 11.3 Å². The molecule has 0 bridgehead atoms. The molecule has 3 heterocycles. The number of halogens is 1. The van der Waals surface area contributed by atoms with Gasteiger partial charge in [0.2, 0.25) is 6.41 Å². The molecule has 7 heteroatoms. The molecule has 1 unspecified atom stereocenters. The van der Waals surface area contributed by atoms with Crippen molar-refractivity contribution in [2.75, 3.05) is 11.9 Å². The molecular formula is C14H16BrN3OS2. The van der Waals surface area contributed by atoms with Gasteiger partial charge in [0, 0.05) is 27.3 Å². The van der Waals surface area contributed by atoms with Gasteiger partial charge < -0.3 is 5.32 Å². The molecule has 0 saturated carbocycles. The third kappa shape index (κ3) is 3.36. The lowest BCUT2D eigenvalue weighted by molar-refractivity contribution is -0.105.